The van der Waals surface area contributed by atoms with Crippen LogP contribution in [0.15, 0.2) is 0 Å². The molecule has 0 rings (SSSR count). The molecular formula is C17H41ClNPd. The van der Waals surface area contributed by atoms with Gasteiger partial charge < -0.3 is 6.15 Å². The maximum atomic E-state index is 6.58. The quantitative estimate of drug-likeness (QED) is 0.245. The maximum Gasteiger partial charge on any atom is -0.344 e. The largest absolute Gasteiger partial charge is 0.344 e. The van der Waals surface area contributed by atoms with E-state index in [2.05, 4.69) is 23.1 Å². The van der Waals surface area contributed by atoms with Crippen molar-refractivity contribution < 1.29 is 13.3 Å². The molecule has 1 nitrogen and oxygen atoms in total. The van der Waals surface area contributed by atoms with E-state index < -0.39 is 13.3 Å². The third-order valence-electron chi connectivity index (χ3n) is 3.50. The molecule has 3 heteroatoms. The van der Waals surface area contributed by atoms with Crippen LogP contribution in [0.2, 0.25) is 21.1 Å². The maximum absolute atomic E-state index is 6.58. The second-order valence-corrected chi connectivity index (χ2v) is 22.8. The first-order valence-corrected chi connectivity index (χ1v) is 15.8. The summed E-state index contributed by atoms with van der Waals surface area (Å²) in [5.41, 5.74) is 0. The summed E-state index contributed by atoms with van der Waals surface area (Å²) < 4.78 is 0. The molecule has 20 heavy (non-hydrogen) atoms. The van der Waals surface area contributed by atoms with Gasteiger partial charge in [0.25, 0.3) is 0 Å². The summed E-state index contributed by atoms with van der Waals surface area (Å²) in [6, 6.07) is 0. The Labute approximate surface area is 134 Å². The minimum atomic E-state index is -2.06. The standard InChI is InChI=1S/C14H29.3CH3.ClH.H3N.Pd/c1-3-5-7-9-11-13-14-12-10-8-6-4-2;;;;;;/h1,3-14H2,2H3;3*1H3;1H;1H3;/q;;;;;;+1/p-1. The first-order valence-electron chi connectivity index (χ1n) is 8.00. The van der Waals surface area contributed by atoms with E-state index in [0.717, 1.165) is 0 Å². The van der Waals surface area contributed by atoms with Crippen LogP contribution >= 0.6 is 9.53 Å². The third-order valence-corrected chi connectivity index (χ3v) is 7.38. The van der Waals surface area contributed by atoms with Gasteiger partial charge in [0.15, 0.2) is 0 Å². The zero-order valence-corrected chi connectivity index (χ0v) is 16.9. The van der Waals surface area contributed by atoms with Crippen molar-refractivity contribution >= 4 is 9.53 Å². The molecule has 3 N–H and O–H groups in total. The van der Waals surface area contributed by atoms with Gasteiger partial charge in [-0.25, -0.2) is 0 Å². The van der Waals surface area contributed by atoms with Crippen molar-refractivity contribution in [2.45, 2.75) is 105 Å². The van der Waals surface area contributed by atoms with Gasteiger partial charge in [-0.1, -0.05) is 13.3 Å². The summed E-state index contributed by atoms with van der Waals surface area (Å²) >= 11 is -2.06. The number of rotatable bonds is 13. The first kappa shape index (κ1) is 23.2. The molecule has 0 aliphatic rings. The van der Waals surface area contributed by atoms with Crippen LogP contribution in [0.3, 0.4) is 0 Å². The molecule has 0 bridgehead atoms. The van der Waals surface area contributed by atoms with Crippen LogP contribution in [0.4, 0.5) is 0 Å². The minimum absolute atomic E-state index is 0. The van der Waals surface area contributed by atoms with Crippen molar-refractivity contribution in [2.75, 3.05) is 0 Å². The molecule has 0 unspecified atom stereocenters. The van der Waals surface area contributed by atoms with Crippen LogP contribution < -0.4 is 6.15 Å². The van der Waals surface area contributed by atoms with Crippen molar-refractivity contribution in [3.8, 4) is 0 Å². The predicted octanol–water partition coefficient (Wildman–Crippen LogP) is 8.26. The molecule has 0 atom stereocenters. The van der Waals surface area contributed by atoms with Crippen LogP contribution in [-0.2, 0) is 13.3 Å². The Kier molecular flexibility index (Phi) is 14.4. The van der Waals surface area contributed by atoms with E-state index in [1.807, 2.05) is 0 Å². The van der Waals surface area contributed by atoms with E-state index in [1.165, 1.54) is 81.9 Å². The molecule has 131 valence electrons. The van der Waals surface area contributed by atoms with E-state index in [0.29, 0.717) is 0 Å². The number of hydrogen-bond acceptors (Lipinski definition) is 1. The summed E-state index contributed by atoms with van der Waals surface area (Å²) in [6.45, 7) is 2.29. The van der Waals surface area contributed by atoms with Crippen molar-refractivity contribution in [3.63, 3.8) is 0 Å². The second-order valence-electron chi connectivity index (χ2n) is 6.61. The Morgan fingerprint density at radius 2 is 0.900 bits per heavy atom. The second kappa shape index (κ2) is 12.5. The third kappa shape index (κ3) is 21.2. The SMILES string of the molecule is CCCCCCCCCCCCC[CH2][Pd]([CH3])([CH3])([CH3])[Cl].N. The Balaban J connectivity index is 0. The molecule has 0 fully saturated rings. The smallest absolute Gasteiger partial charge is 0.344 e. The molecule has 0 aromatic heterocycles. The topological polar surface area (TPSA) is 35.0 Å². The molecule has 0 radical (unpaired) electrons. The summed E-state index contributed by atoms with van der Waals surface area (Å²) in [5, 5.41) is 6.90. The molecular weight excluding hydrogens is 360 g/mol. The van der Waals surface area contributed by atoms with E-state index in [9.17, 15) is 0 Å². The Hall–Kier alpha value is 0.912. The molecule has 0 aliphatic heterocycles. The first-order chi connectivity index (χ1) is 8.81. The predicted molar refractivity (Wildman–Crippen MR) is 94.4 cm³/mol. The molecule has 0 aliphatic carbocycles. The van der Waals surface area contributed by atoms with E-state index in [4.69, 9.17) is 9.53 Å². The van der Waals surface area contributed by atoms with Gasteiger partial charge in [-0.15, -0.1) is 0 Å². The fourth-order valence-electron chi connectivity index (χ4n) is 2.30. The molecule has 0 saturated carbocycles. The van der Waals surface area contributed by atoms with E-state index in [1.54, 1.807) is 0 Å². The monoisotopic (exact) mass is 400 g/mol. The number of halogens is 1. The van der Waals surface area contributed by atoms with Crippen LogP contribution in [0.1, 0.15) is 84.0 Å². The van der Waals surface area contributed by atoms with Crippen molar-refractivity contribution in [1.82, 2.24) is 6.15 Å². The van der Waals surface area contributed by atoms with E-state index >= 15 is 0 Å². The van der Waals surface area contributed by atoms with Crippen LogP contribution in [0, 0.1) is 0 Å². The number of unbranched alkanes of at least 4 members (excludes halogenated alkanes) is 11. The van der Waals surface area contributed by atoms with Gasteiger partial charge in [0.05, 0.1) is 0 Å². The van der Waals surface area contributed by atoms with Gasteiger partial charge in [-0.2, -0.15) is 0 Å². The van der Waals surface area contributed by atoms with Gasteiger partial charge in [-0.05, 0) is 0 Å². The van der Waals surface area contributed by atoms with Gasteiger partial charge in [0.2, 0.25) is 0 Å². The fourth-order valence-corrected chi connectivity index (χ4v) is 5.04. The van der Waals surface area contributed by atoms with E-state index in [-0.39, 0.29) is 6.15 Å². The minimum Gasteiger partial charge on any atom is -0.344 e. The Morgan fingerprint density at radius 1 is 0.600 bits per heavy atom. The summed E-state index contributed by atoms with van der Waals surface area (Å²) in [5.74, 6) is 0. The molecule has 0 saturated heterocycles. The van der Waals surface area contributed by atoms with Crippen LogP contribution in [0.25, 0.3) is 0 Å². The summed E-state index contributed by atoms with van der Waals surface area (Å²) in [6.07, 6.45) is 17.1. The Morgan fingerprint density at radius 3 is 1.20 bits per heavy atom. The molecule has 0 aromatic rings. The fraction of sp³-hybridized carbons (Fsp3) is 1.00. The van der Waals surface area contributed by atoms with Crippen LogP contribution in [0.5, 0.6) is 0 Å². The molecule has 0 aromatic carbocycles. The van der Waals surface area contributed by atoms with Crippen LogP contribution in [-0.4, -0.2) is 0 Å². The average Bonchev–Trinajstić information content (AvgIpc) is 2.28. The summed E-state index contributed by atoms with van der Waals surface area (Å²) in [4.78, 5) is 1.29. The molecule has 0 heterocycles. The average molecular weight is 401 g/mol. The Bertz CT molecular complexity index is 202. The molecule has 0 spiro atoms. The van der Waals surface area contributed by atoms with Crippen molar-refractivity contribution in [1.29, 1.82) is 0 Å². The van der Waals surface area contributed by atoms with Crippen molar-refractivity contribution in [2.24, 2.45) is 0 Å². The van der Waals surface area contributed by atoms with Gasteiger partial charge in [0.1, 0.15) is 0 Å². The van der Waals surface area contributed by atoms with Gasteiger partial charge in [-0.3, -0.25) is 0 Å². The summed E-state index contributed by atoms with van der Waals surface area (Å²) in [7, 11) is 6.58. The zero-order valence-electron chi connectivity index (χ0n) is 14.6. The number of hydrogen-bond donors (Lipinski definition) is 1. The van der Waals surface area contributed by atoms with Gasteiger partial charge in [0, 0.05) is 0 Å². The normalized spacial score (nSPS) is 13.6. The van der Waals surface area contributed by atoms with Gasteiger partial charge >= 0.3 is 115 Å². The zero-order chi connectivity index (χ0) is 14.6. The van der Waals surface area contributed by atoms with Crippen molar-refractivity contribution in [3.05, 3.63) is 0 Å². The molecule has 0 amide bonds.